The van der Waals surface area contributed by atoms with Gasteiger partial charge in [0.2, 0.25) is 0 Å². The van der Waals surface area contributed by atoms with E-state index in [-0.39, 0.29) is 10.5 Å². The van der Waals surface area contributed by atoms with Gasteiger partial charge in [0.1, 0.15) is 0 Å². The highest BCUT2D eigenvalue weighted by molar-refractivity contribution is 7.90. The zero-order valence-electron chi connectivity index (χ0n) is 12.6. The first-order chi connectivity index (χ1) is 10.7. The first kappa shape index (κ1) is 17.2. The molecule has 6 heteroatoms. The van der Waals surface area contributed by atoms with Gasteiger partial charge in [0, 0.05) is 11.3 Å². The number of carboxylic acid groups (broad SMARTS) is 1. The maximum atomic E-state index is 11.6. The molecule has 0 saturated heterocycles. The van der Waals surface area contributed by atoms with Gasteiger partial charge in [-0.3, -0.25) is 0 Å². The van der Waals surface area contributed by atoms with Crippen LogP contribution < -0.4 is 0 Å². The van der Waals surface area contributed by atoms with Crippen molar-refractivity contribution in [3.63, 3.8) is 0 Å². The van der Waals surface area contributed by atoms with Crippen molar-refractivity contribution in [1.82, 2.24) is 0 Å². The lowest BCUT2D eigenvalue weighted by atomic mass is 9.96. The molecule has 2 aromatic rings. The normalized spacial score (nSPS) is 12.7. The van der Waals surface area contributed by atoms with E-state index in [0.29, 0.717) is 21.7 Å². The van der Waals surface area contributed by atoms with Gasteiger partial charge < -0.3 is 5.11 Å². The highest BCUT2D eigenvalue weighted by Gasteiger charge is 2.16. The number of sulfone groups is 1. The fourth-order valence-corrected chi connectivity index (χ4v) is 2.97. The molecule has 0 aromatic heterocycles. The minimum absolute atomic E-state index is 0.147. The van der Waals surface area contributed by atoms with E-state index in [0.717, 1.165) is 6.26 Å². The predicted octanol–water partition coefficient (Wildman–Crippen LogP) is 3.76. The number of hydrogen-bond acceptors (Lipinski definition) is 3. The number of carboxylic acids is 1. The quantitative estimate of drug-likeness (QED) is 0.673. The zero-order valence-corrected chi connectivity index (χ0v) is 14.1. The number of benzene rings is 2. The van der Waals surface area contributed by atoms with Gasteiger partial charge in [-0.25, -0.2) is 13.2 Å². The maximum Gasteiger partial charge on any atom is 0.336 e. The second-order valence-corrected chi connectivity index (χ2v) is 7.56. The first-order valence-corrected chi connectivity index (χ1v) is 8.97. The number of allylic oxidation sites excluding steroid dienone is 1. The Bertz CT molecular complexity index is 864. The van der Waals surface area contributed by atoms with Crippen molar-refractivity contribution in [2.24, 2.45) is 0 Å². The molecule has 2 rings (SSSR count). The Kier molecular flexibility index (Phi) is 4.92. The van der Waals surface area contributed by atoms with Crippen LogP contribution in [0.15, 0.2) is 53.4 Å². The standard InChI is InChI=1S/C17H15ClO4S/c1-11(12-5-9-15(10-6-12)23(2,21)22)16(17(19)20)13-3-7-14(18)8-4-13/h3-10H,1-2H3,(H,19,20)/b16-11+. The Labute approximate surface area is 140 Å². The summed E-state index contributed by atoms with van der Waals surface area (Å²) in [5.41, 5.74) is 1.87. The van der Waals surface area contributed by atoms with E-state index in [2.05, 4.69) is 0 Å². The Morgan fingerprint density at radius 2 is 1.43 bits per heavy atom. The summed E-state index contributed by atoms with van der Waals surface area (Å²) in [7, 11) is -3.29. The average Bonchev–Trinajstić information content (AvgIpc) is 2.48. The minimum atomic E-state index is -3.29. The molecule has 0 unspecified atom stereocenters. The van der Waals surface area contributed by atoms with E-state index in [1.807, 2.05) is 0 Å². The number of rotatable bonds is 4. The molecule has 0 heterocycles. The summed E-state index contributed by atoms with van der Waals surface area (Å²) in [4.78, 5) is 11.8. The fraction of sp³-hybridized carbons (Fsp3) is 0.118. The summed E-state index contributed by atoms with van der Waals surface area (Å²) < 4.78 is 23.0. The third-order valence-electron chi connectivity index (χ3n) is 3.44. The number of halogens is 1. The largest absolute Gasteiger partial charge is 0.478 e. The third kappa shape index (κ3) is 4.00. The highest BCUT2D eigenvalue weighted by Crippen LogP contribution is 2.28. The van der Waals surface area contributed by atoms with Crippen molar-refractivity contribution < 1.29 is 18.3 Å². The monoisotopic (exact) mass is 350 g/mol. The van der Waals surface area contributed by atoms with E-state index < -0.39 is 15.8 Å². The molecule has 4 nitrogen and oxygen atoms in total. The van der Waals surface area contributed by atoms with Crippen LogP contribution in [0.1, 0.15) is 18.1 Å². The fourth-order valence-electron chi connectivity index (χ4n) is 2.21. The van der Waals surface area contributed by atoms with Crippen molar-refractivity contribution in [1.29, 1.82) is 0 Å². The molecule has 0 radical (unpaired) electrons. The van der Waals surface area contributed by atoms with E-state index in [1.54, 1.807) is 43.3 Å². The molecule has 2 aromatic carbocycles. The minimum Gasteiger partial charge on any atom is -0.478 e. The molecule has 0 saturated carbocycles. The molecule has 23 heavy (non-hydrogen) atoms. The summed E-state index contributed by atoms with van der Waals surface area (Å²) in [6, 6.07) is 12.7. The van der Waals surface area contributed by atoms with Gasteiger partial charge in [0.25, 0.3) is 0 Å². The molecule has 0 fully saturated rings. The summed E-state index contributed by atoms with van der Waals surface area (Å²) >= 11 is 5.83. The summed E-state index contributed by atoms with van der Waals surface area (Å²) in [6.45, 7) is 1.69. The van der Waals surface area contributed by atoms with Gasteiger partial charge in [0.05, 0.1) is 10.5 Å². The molecule has 0 bridgehead atoms. The second kappa shape index (κ2) is 6.56. The molecule has 0 aliphatic carbocycles. The van der Waals surface area contributed by atoms with E-state index in [1.165, 1.54) is 12.1 Å². The summed E-state index contributed by atoms with van der Waals surface area (Å²) in [5, 5.41) is 10.0. The van der Waals surface area contributed by atoms with Crippen LogP contribution in [0.4, 0.5) is 0 Å². The predicted molar refractivity (Wildman–Crippen MR) is 91.1 cm³/mol. The van der Waals surface area contributed by atoms with Gasteiger partial charge in [-0.2, -0.15) is 0 Å². The summed E-state index contributed by atoms with van der Waals surface area (Å²) in [5.74, 6) is -1.06. The molecular formula is C17H15ClO4S. The van der Waals surface area contributed by atoms with Crippen molar-refractivity contribution in [3.05, 3.63) is 64.7 Å². The Morgan fingerprint density at radius 1 is 0.957 bits per heavy atom. The van der Waals surface area contributed by atoms with Crippen molar-refractivity contribution in [2.75, 3.05) is 6.26 Å². The van der Waals surface area contributed by atoms with E-state index >= 15 is 0 Å². The van der Waals surface area contributed by atoms with Crippen LogP contribution in [0.3, 0.4) is 0 Å². The van der Waals surface area contributed by atoms with Crippen LogP contribution in [-0.4, -0.2) is 25.7 Å². The number of hydrogen-bond donors (Lipinski definition) is 1. The van der Waals surface area contributed by atoms with Crippen LogP contribution in [0.2, 0.25) is 5.02 Å². The van der Waals surface area contributed by atoms with Crippen molar-refractivity contribution in [2.45, 2.75) is 11.8 Å². The van der Waals surface area contributed by atoms with Gasteiger partial charge in [-0.15, -0.1) is 0 Å². The van der Waals surface area contributed by atoms with Crippen LogP contribution >= 0.6 is 11.6 Å². The lowest BCUT2D eigenvalue weighted by molar-refractivity contribution is -0.130. The Balaban J connectivity index is 2.55. The first-order valence-electron chi connectivity index (χ1n) is 6.71. The molecule has 0 amide bonds. The van der Waals surface area contributed by atoms with Crippen LogP contribution in [0, 0.1) is 0 Å². The van der Waals surface area contributed by atoms with Gasteiger partial charge in [-0.1, -0.05) is 35.9 Å². The van der Waals surface area contributed by atoms with Crippen LogP contribution in [-0.2, 0) is 14.6 Å². The summed E-state index contributed by atoms with van der Waals surface area (Å²) in [6.07, 6.45) is 1.13. The Hall–Kier alpha value is -2.11. The van der Waals surface area contributed by atoms with Crippen molar-refractivity contribution in [3.8, 4) is 0 Å². The van der Waals surface area contributed by atoms with Crippen LogP contribution in [0.25, 0.3) is 11.1 Å². The third-order valence-corrected chi connectivity index (χ3v) is 4.82. The highest BCUT2D eigenvalue weighted by atomic mass is 35.5. The SMILES string of the molecule is C/C(=C(\C(=O)O)c1ccc(Cl)cc1)c1ccc(S(C)(=O)=O)cc1. The second-order valence-electron chi connectivity index (χ2n) is 5.11. The van der Waals surface area contributed by atoms with Gasteiger partial charge in [0.15, 0.2) is 9.84 Å². The molecule has 0 spiro atoms. The molecule has 0 aliphatic rings. The number of carbonyl (C=O) groups is 1. The molecule has 0 atom stereocenters. The van der Waals surface area contributed by atoms with Crippen LogP contribution in [0.5, 0.6) is 0 Å². The van der Waals surface area contributed by atoms with Crippen molar-refractivity contribution >= 4 is 38.6 Å². The zero-order chi connectivity index (χ0) is 17.2. The topological polar surface area (TPSA) is 71.4 Å². The van der Waals surface area contributed by atoms with E-state index in [4.69, 9.17) is 11.6 Å². The van der Waals surface area contributed by atoms with Gasteiger partial charge in [-0.05, 0) is 47.9 Å². The van der Waals surface area contributed by atoms with Gasteiger partial charge >= 0.3 is 5.97 Å². The Morgan fingerprint density at radius 3 is 1.87 bits per heavy atom. The lowest BCUT2D eigenvalue weighted by Crippen LogP contribution is -2.03. The molecule has 120 valence electrons. The lowest BCUT2D eigenvalue weighted by Gasteiger charge is -2.10. The average molecular weight is 351 g/mol. The van der Waals surface area contributed by atoms with E-state index in [9.17, 15) is 18.3 Å². The molecule has 1 N–H and O–H groups in total. The molecule has 0 aliphatic heterocycles. The molecular weight excluding hydrogens is 336 g/mol. The smallest absolute Gasteiger partial charge is 0.336 e. The number of aliphatic carboxylic acids is 1. The maximum absolute atomic E-state index is 11.6.